The maximum atomic E-state index is 11.3. The molecule has 0 saturated carbocycles. The van der Waals surface area contributed by atoms with E-state index in [1.54, 1.807) is 24.3 Å². The molecule has 82 valence electrons. The first-order valence-corrected chi connectivity index (χ1v) is 5.83. The maximum Gasteiger partial charge on any atom is 0.290 e. The van der Waals surface area contributed by atoms with Gasteiger partial charge in [-0.05, 0) is 35.5 Å². The average molecular weight is 274 g/mol. The van der Waals surface area contributed by atoms with Gasteiger partial charge in [0.1, 0.15) is 0 Å². The van der Waals surface area contributed by atoms with Gasteiger partial charge in [0.25, 0.3) is 11.1 Å². The Kier molecular flexibility index (Phi) is 3.23. The van der Waals surface area contributed by atoms with Crippen molar-refractivity contribution >= 4 is 52.2 Å². The van der Waals surface area contributed by atoms with Crippen molar-refractivity contribution in [2.75, 3.05) is 0 Å². The quantitative estimate of drug-likeness (QED) is 0.799. The van der Waals surface area contributed by atoms with Crippen molar-refractivity contribution in [2.24, 2.45) is 0 Å². The van der Waals surface area contributed by atoms with Crippen molar-refractivity contribution < 1.29 is 9.59 Å². The lowest BCUT2D eigenvalue weighted by atomic mass is 10.2. The van der Waals surface area contributed by atoms with Gasteiger partial charge in [-0.25, -0.2) is 0 Å². The number of hydrogen-bond acceptors (Lipinski definition) is 3. The molecule has 2 amide bonds. The van der Waals surface area contributed by atoms with E-state index < -0.39 is 5.91 Å². The lowest BCUT2D eigenvalue weighted by Crippen LogP contribution is -2.17. The fraction of sp³-hybridized carbons (Fsp3) is 0. The van der Waals surface area contributed by atoms with Crippen LogP contribution in [0.25, 0.3) is 6.08 Å². The number of nitrogens with one attached hydrogen (secondary N) is 1. The SMILES string of the molecule is O=C1NC(=O)/C(=C/c2ccc(Cl)cc2Cl)S1. The number of imide groups is 1. The number of thioether (sulfide) groups is 1. The van der Waals surface area contributed by atoms with Gasteiger partial charge < -0.3 is 0 Å². The average Bonchev–Trinajstić information content (AvgIpc) is 2.50. The Morgan fingerprint density at radius 2 is 2.00 bits per heavy atom. The molecule has 0 spiro atoms. The van der Waals surface area contributed by atoms with E-state index in [4.69, 9.17) is 23.2 Å². The molecular formula is C10H5Cl2NO2S. The van der Waals surface area contributed by atoms with Crippen LogP contribution >= 0.6 is 35.0 Å². The second-order valence-corrected chi connectivity index (χ2v) is 4.88. The molecule has 1 heterocycles. The molecule has 0 atom stereocenters. The fourth-order valence-electron chi connectivity index (χ4n) is 1.18. The van der Waals surface area contributed by atoms with E-state index in [-0.39, 0.29) is 5.24 Å². The van der Waals surface area contributed by atoms with Crippen LogP contribution in [0.5, 0.6) is 0 Å². The summed E-state index contributed by atoms with van der Waals surface area (Å²) in [5, 5.41) is 2.75. The second kappa shape index (κ2) is 4.49. The zero-order chi connectivity index (χ0) is 11.7. The van der Waals surface area contributed by atoms with Gasteiger partial charge in [0.05, 0.1) is 4.91 Å². The number of halogens is 2. The van der Waals surface area contributed by atoms with Crippen molar-refractivity contribution in [1.29, 1.82) is 0 Å². The predicted molar refractivity (Wildman–Crippen MR) is 65.6 cm³/mol. The van der Waals surface area contributed by atoms with E-state index in [1.807, 2.05) is 0 Å². The second-order valence-electron chi connectivity index (χ2n) is 3.02. The number of carbonyl (C=O) groups is 2. The maximum absolute atomic E-state index is 11.3. The summed E-state index contributed by atoms with van der Waals surface area (Å²) >= 11 is 12.5. The fourth-order valence-corrected chi connectivity index (χ4v) is 2.32. The van der Waals surface area contributed by atoms with Gasteiger partial charge in [0.2, 0.25) is 0 Å². The van der Waals surface area contributed by atoms with E-state index >= 15 is 0 Å². The van der Waals surface area contributed by atoms with Gasteiger partial charge in [-0.3, -0.25) is 14.9 Å². The molecule has 6 heteroatoms. The Balaban J connectivity index is 2.36. The first kappa shape index (κ1) is 11.5. The summed E-state index contributed by atoms with van der Waals surface area (Å²) in [6, 6.07) is 4.93. The molecule has 1 aliphatic rings. The standard InChI is InChI=1S/C10H5Cl2NO2S/c11-6-2-1-5(7(12)4-6)3-8-9(14)13-10(15)16-8/h1-4H,(H,13,14,15)/b8-3-. The first-order chi connectivity index (χ1) is 7.56. The smallest absolute Gasteiger partial charge is 0.282 e. The third-order valence-corrected chi connectivity index (χ3v) is 3.26. The first-order valence-electron chi connectivity index (χ1n) is 4.26. The summed E-state index contributed by atoms with van der Waals surface area (Å²) in [5.74, 6) is -0.402. The van der Waals surface area contributed by atoms with Gasteiger partial charge in [-0.2, -0.15) is 0 Å². The molecule has 0 bridgehead atoms. The molecule has 0 aromatic heterocycles. The number of benzene rings is 1. The third-order valence-electron chi connectivity index (χ3n) is 1.89. The molecule has 0 radical (unpaired) electrons. The Morgan fingerprint density at radius 1 is 1.25 bits per heavy atom. The monoisotopic (exact) mass is 273 g/mol. The Labute approximate surface area is 106 Å². The van der Waals surface area contributed by atoms with Gasteiger partial charge in [0, 0.05) is 10.0 Å². The minimum atomic E-state index is -0.402. The van der Waals surface area contributed by atoms with Crippen LogP contribution < -0.4 is 5.32 Å². The zero-order valence-electron chi connectivity index (χ0n) is 7.79. The van der Waals surface area contributed by atoms with Gasteiger partial charge in [-0.15, -0.1) is 0 Å². The van der Waals surface area contributed by atoms with Crippen molar-refractivity contribution in [3.8, 4) is 0 Å². The molecule has 16 heavy (non-hydrogen) atoms. The minimum Gasteiger partial charge on any atom is -0.282 e. The van der Waals surface area contributed by atoms with Crippen molar-refractivity contribution in [3.63, 3.8) is 0 Å². The molecule has 0 unspecified atom stereocenters. The lowest BCUT2D eigenvalue weighted by Gasteiger charge is -1.99. The molecule has 0 aliphatic carbocycles. The molecule has 2 rings (SSSR count). The summed E-state index contributed by atoms with van der Waals surface area (Å²) in [7, 11) is 0. The summed E-state index contributed by atoms with van der Waals surface area (Å²) in [4.78, 5) is 22.5. The van der Waals surface area contributed by atoms with Crippen LogP contribution in [-0.4, -0.2) is 11.1 Å². The molecule has 3 nitrogen and oxygen atoms in total. The van der Waals surface area contributed by atoms with E-state index in [0.29, 0.717) is 20.5 Å². The summed E-state index contributed by atoms with van der Waals surface area (Å²) < 4.78 is 0. The van der Waals surface area contributed by atoms with Crippen LogP contribution in [0.3, 0.4) is 0 Å². The minimum absolute atomic E-state index is 0.328. The van der Waals surface area contributed by atoms with Crippen LogP contribution in [0.2, 0.25) is 10.0 Å². The normalized spacial score (nSPS) is 18.0. The molecule has 1 aromatic rings. The summed E-state index contributed by atoms with van der Waals surface area (Å²) in [6.07, 6.45) is 1.56. The Hall–Kier alpha value is -0.970. The van der Waals surface area contributed by atoms with Gasteiger partial charge >= 0.3 is 0 Å². The Morgan fingerprint density at radius 3 is 2.56 bits per heavy atom. The third kappa shape index (κ3) is 2.40. The Bertz CT molecular complexity index is 514. The van der Waals surface area contributed by atoms with E-state index in [1.165, 1.54) is 0 Å². The number of amides is 2. The highest BCUT2D eigenvalue weighted by molar-refractivity contribution is 8.18. The number of hydrogen-bond donors (Lipinski definition) is 1. The molecule has 1 aromatic carbocycles. The van der Waals surface area contributed by atoms with E-state index in [9.17, 15) is 9.59 Å². The number of carbonyl (C=O) groups excluding carboxylic acids is 2. The van der Waals surface area contributed by atoms with E-state index in [2.05, 4.69) is 5.32 Å². The highest BCUT2D eigenvalue weighted by atomic mass is 35.5. The van der Waals surface area contributed by atoms with E-state index in [0.717, 1.165) is 11.8 Å². The van der Waals surface area contributed by atoms with Crippen LogP contribution in [-0.2, 0) is 4.79 Å². The summed E-state index contributed by atoms with van der Waals surface area (Å²) in [6.45, 7) is 0. The van der Waals surface area contributed by atoms with Gasteiger partial charge in [-0.1, -0.05) is 29.3 Å². The predicted octanol–water partition coefficient (Wildman–Crippen LogP) is 3.32. The number of rotatable bonds is 1. The highest BCUT2D eigenvalue weighted by Crippen LogP contribution is 2.29. The van der Waals surface area contributed by atoms with Crippen LogP contribution in [0.4, 0.5) is 4.79 Å². The van der Waals surface area contributed by atoms with Crippen molar-refractivity contribution in [2.45, 2.75) is 0 Å². The zero-order valence-corrected chi connectivity index (χ0v) is 10.1. The molecule has 1 saturated heterocycles. The summed E-state index contributed by atoms with van der Waals surface area (Å²) in [5.41, 5.74) is 0.651. The van der Waals surface area contributed by atoms with Gasteiger partial charge in [0.15, 0.2) is 0 Å². The topological polar surface area (TPSA) is 46.2 Å². The largest absolute Gasteiger partial charge is 0.290 e. The van der Waals surface area contributed by atoms with Crippen LogP contribution in [0, 0.1) is 0 Å². The van der Waals surface area contributed by atoms with Crippen molar-refractivity contribution in [3.05, 3.63) is 38.7 Å². The molecule has 1 aliphatic heterocycles. The highest BCUT2D eigenvalue weighted by Gasteiger charge is 2.25. The molecular weight excluding hydrogens is 269 g/mol. The lowest BCUT2D eigenvalue weighted by molar-refractivity contribution is -0.115. The molecule has 1 fully saturated rings. The van der Waals surface area contributed by atoms with Crippen LogP contribution in [0.1, 0.15) is 5.56 Å². The molecule has 1 N–H and O–H groups in total. The van der Waals surface area contributed by atoms with Crippen LogP contribution in [0.15, 0.2) is 23.1 Å². The van der Waals surface area contributed by atoms with Crippen molar-refractivity contribution in [1.82, 2.24) is 5.32 Å².